The van der Waals surface area contributed by atoms with Gasteiger partial charge in [-0.15, -0.1) is 0 Å². The summed E-state index contributed by atoms with van der Waals surface area (Å²) in [6.45, 7) is 6.23. The van der Waals surface area contributed by atoms with Gasteiger partial charge in [-0.1, -0.05) is 6.92 Å². The lowest BCUT2D eigenvalue weighted by Crippen LogP contribution is -2.29. The van der Waals surface area contributed by atoms with E-state index in [0.717, 1.165) is 12.7 Å². The zero-order valence-corrected chi connectivity index (χ0v) is 10.7. The molecule has 1 aromatic rings. The summed E-state index contributed by atoms with van der Waals surface area (Å²) >= 11 is 0. The molecule has 1 saturated heterocycles. The summed E-state index contributed by atoms with van der Waals surface area (Å²) in [7, 11) is 0. The Hall–Kier alpha value is -1.43. The lowest BCUT2D eigenvalue weighted by molar-refractivity contribution is 0.294. The van der Waals surface area contributed by atoms with E-state index in [4.69, 9.17) is 5.73 Å². The van der Waals surface area contributed by atoms with Crippen LogP contribution >= 0.6 is 0 Å². The predicted molar refractivity (Wildman–Crippen MR) is 69.7 cm³/mol. The molecule has 0 amide bonds. The summed E-state index contributed by atoms with van der Waals surface area (Å²) in [4.78, 5) is 9.88. The molecule has 0 bridgehead atoms. The fraction of sp³-hybridized carbons (Fsp3) is 0.667. The van der Waals surface area contributed by atoms with Crippen molar-refractivity contribution in [2.24, 2.45) is 5.92 Å². The highest BCUT2D eigenvalue weighted by Crippen LogP contribution is 2.13. The standard InChI is InChI=1S/C12H20FN5/c1-9(8-18-4-2-3-5-18)6-15-11-10(13)7-16-12(14)17-11/h7,9H,2-6,8H2,1H3,(H3,14,15,16,17). The summed E-state index contributed by atoms with van der Waals surface area (Å²) < 4.78 is 13.4. The zero-order chi connectivity index (χ0) is 13.0. The molecule has 1 unspecified atom stereocenters. The molecule has 5 nitrogen and oxygen atoms in total. The molecule has 2 rings (SSSR count). The maximum atomic E-state index is 13.4. The molecule has 3 N–H and O–H groups in total. The Morgan fingerprint density at radius 3 is 2.94 bits per heavy atom. The number of rotatable bonds is 5. The highest BCUT2D eigenvalue weighted by atomic mass is 19.1. The molecule has 1 aromatic heterocycles. The first-order chi connectivity index (χ1) is 8.65. The fourth-order valence-corrected chi connectivity index (χ4v) is 2.25. The molecule has 0 radical (unpaired) electrons. The van der Waals surface area contributed by atoms with Crippen molar-refractivity contribution >= 4 is 11.8 Å². The van der Waals surface area contributed by atoms with E-state index in [1.54, 1.807) is 0 Å². The molecular formula is C12H20FN5. The number of nitrogens with one attached hydrogen (secondary N) is 1. The molecule has 6 heteroatoms. The largest absolute Gasteiger partial charge is 0.368 e. The van der Waals surface area contributed by atoms with Crippen LogP contribution < -0.4 is 11.1 Å². The van der Waals surface area contributed by atoms with E-state index in [-0.39, 0.29) is 11.8 Å². The molecule has 1 aliphatic rings. The maximum absolute atomic E-state index is 13.4. The van der Waals surface area contributed by atoms with Crippen LogP contribution in [0.1, 0.15) is 19.8 Å². The molecule has 18 heavy (non-hydrogen) atoms. The Morgan fingerprint density at radius 2 is 2.22 bits per heavy atom. The van der Waals surface area contributed by atoms with E-state index in [0.29, 0.717) is 12.5 Å². The molecule has 100 valence electrons. The van der Waals surface area contributed by atoms with Crippen molar-refractivity contribution in [3.63, 3.8) is 0 Å². The van der Waals surface area contributed by atoms with Crippen LogP contribution in [-0.4, -0.2) is 41.0 Å². The van der Waals surface area contributed by atoms with Crippen molar-refractivity contribution in [3.8, 4) is 0 Å². The van der Waals surface area contributed by atoms with Gasteiger partial charge in [0.2, 0.25) is 5.95 Å². The van der Waals surface area contributed by atoms with Crippen LogP contribution in [0.15, 0.2) is 6.20 Å². The van der Waals surface area contributed by atoms with E-state index < -0.39 is 5.82 Å². The first kappa shape index (κ1) is 13.0. The quantitative estimate of drug-likeness (QED) is 0.829. The van der Waals surface area contributed by atoms with E-state index in [9.17, 15) is 4.39 Å². The Bertz CT molecular complexity index is 392. The fourth-order valence-electron chi connectivity index (χ4n) is 2.25. The van der Waals surface area contributed by atoms with Crippen molar-refractivity contribution in [2.45, 2.75) is 19.8 Å². The number of nitrogen functional groups attached to an aromatic ring is 1. The lowest BCUT2D eigenvalue weighted by Gasteiger charge is -2.20. The first-order valence-corrected chi connectivity index (χ1v) is 6.39. The van der Waals surface area contributed by atoms with Gasteiger partial charge in [-0.25, -0.2) is 9.37 Å². The smallest absolute Gasteiger partial charge is 0.222 e. The van der Waals surface area contributed by atoms with E-state index >= 15 is 0 Å². The maximum Gasteiger partial charge on any atom is 0.222 e. The van der Waals surface area contributed by atoms with Gasteiger partial charge in [0.05, 0.1) is 6.20 Å². The van der Waals surface area contributed by atoms with Gasteiger partial charge in [-0.3, -0.25) is 0 Å². The van der Waals surface area contributed by atoms with Gasteiger partial charge in [0.1, 0.15) is 0 Å². The molecule has 0 aliphatic carbocycles. The number of nitrogens with two attached hydrogens (primary N) is 1. The highest BCUT2D eigenvalue weighted by molar-refractivity contribution is 5.39. The van der Waals surface area contributed by atoms with Crippen LogP contribution in [0.5, 0.6) is 0 Å². The van der Waals surface area contributed by atoms with Crippen LogP contribution in [-0.2, 0) is 0 Å². The van der Waals surface area contributed by atoms with Crippen molar-refractivity contribution in [2.75, 3.05) is 37.2 Å². The van der Waals surface area contributed by atoms with Crippen molar-refractivity contribution in [3.05, 3.63) is 12.0 Å². The monoisotopic (exact) mass is 253 g/mol. The number of hydrogen-bond donors (Lipinski definition) is 2. The second-order valence-electron chi connectivity index (χ2n) is 4.92. The van der Waals surface area contributed by atoms with Crippen LogP contribution in [0.25, 0.3) is 0 Å². The topological polar surface area (TPSA) is 67.1 Å². The summed E-state index contributed by atoms with van der Waals surface area (Å²) in [5.74, 6) is 0.262. The molecule has 0 spiro atoms. The third-order valence-electron chi connectivity index (χ3n) is 3.15. The van der Waals surface area contributed by atoms with Crippen LogP contribution in [0, 0.1) is 11.7 Å². The number of likely N-dealkylation sites (tertiary alicyclic amines) is 1. The molecule has 2 heterocycles. The minimum atomic E-state index is -0.461. The summed E-state index contributed by atoms with van der Waals surface area (Å²) in [6, 6.07) is 0. The summed E-state index contributed by atoms with van der Waals surface area (Å²) in [6.07, 6.45) is 3.67. The molecule has 1 aliphatic heterocycles. The second kappa shape index (κ2) is 5.95. The Morgan fingerprint density at radius 1 is 1.50 bits per heavy atom. The van der Waals surface area contributed by atoms with E-state index in [1.165, 1.54) is 25.9 Å². The lowest BCUT2D eigenvalue weighted by atomic mass is 10.1. The minimum absolute atomic E-state index is 0.0890. The van der Waals surface area contributed by atoms with Crippen LogP contribution in [0.3, 0.4) is 0 Å². The Labute approximate surface area is 107 Å². The number of hydrogen-bond acceptors (Lipinski definition) is 5. The molecule has 1 atom stereocenters. The number of anilines is 2. The van der Waals surface area contributed by atoms with Crippen molar-refractivity contribution in [1.82, 2.24) is 14.9 Å². The molecular weight excluding hydrogens is 233 g/mol. The SMILES string of the molecule is CC(CNc1nc(N)ncc1F)CN1CCCC1. The normalized spacial score (nSPS) is 17.9. The average Bonchev–Trinajstić information content (AvgIpc) is 2.83. The van der Waals surface area contributed by atoms with Gasteiger partial charge in [0.15, 0.2) is 11.6 Å². The van der Waals surface area contributed by atoms with Gasteiger partial charge in [-0.2, -0.15) is 4.98 Å². The zero-order valence-electron chi connectivity index (χ0n) is 10.7. The van der Waals surface area contributed by atoms with Gasteiger partial charge in [0, 0.05) is 13.1 Å². The molecule has 0 saturated carbocycles. The number of halogens is 1. The van der Waals surface area contributed by atoms with Gasteiger partial charge < -0.3 is 16.0 Å². The van der Waals surface area contributed by atoms with Gasteiger partial charge >= 0.3 is 0 Å². The third kappa shape index (κ3) is 3.53. The number of aromatic nitrogens is 2. The van der Waals surface area contributed by atoms with Gasteiger partial charge in [-0.05, 0) is 31.8 Å². The van der Waals surface area contributed by atoms with E-state index in [1.807, 2.05) is 0 Å². The predicted octanol–water partition coefficient (Wildman–Crippen LogP) is 1.34. The summed E-state index contributed by atoms with van der Waals surface area (Å²) in [5, 5.41) is 2.99. The third-order valence-corrected chi connectivity index (χ3v) is 3.15. The highest BCUT2D eigenvalue weighted by Gasteiger charge is 2.15. The van der Waals surface area contributed by atoms with Crippen LogP contribution in [0.4, 0.5) is 16.2 Å². The minimum Gasteiger partial charge on any atom is -0.368 e. The van der Waals surface area contributed by atoms with Crippen LogP contribution in [0.2, 0.25) is 0 Å². The van der Waals surface area contributed by atoms with E-state index in [2.05, 4.69) is 27.1 Å². The van der Waals surface area contributed by atoms with Gasteiger partial charge in [0.25, 0.3) is 0 Å². The second-order valence-corrected chi connectivity index (χ2v) is 4.92. The average molecular weight is 253 g/mol. The summed E-state index contributed by atoms with van der Waals surface area (Å²) in [5.41, 5.74) is 5.43. The molecule has 1 fully saturated rings. The Balaban J connectivity index is 1.81. The first-order valence-electron chi connectivity index (χ1n) is 6.39. The Kier molecular flexibility index (Phi) is 4.30. The number of nitrogens with zero attached hydrogens (tertiary/aromatic N) is 3. The molecule has 0 aromatic carbocycles. The van der Waals surface area contributed by atoms with Crippen molar-refractivity contribution in [1.29, 1.82) is 0 Å². The van der Waals surface area contributed by atoms with Crippen molar-refractivity contribution < 1.29 is 4.39 Å².